The number of rotatable bonds is 9. The van der Waals surface area contributed by atoms with Gasteiger partial charge in [0.15, 0.2) is 0 Å². The van der Waals surface area contributed by atoms with Crippen LogP contribution < -0.4 is 22.1 Å². The number of nitrogens with two attached hydrogens (primary N) is 2. The highest BCUT2D eigenvalue weighted by Crippen LogP contribution is 2.29. The summed E-state index contributed by atoms with van der Waals surface area (Å²) in [6.45, 7) is 0.366. The molecule has 3 rings (SSSR count). The predicted molar refractivity (Wildman–Crippen MR) is 124 cm³/mol. The van der Waals surface area contributed by atoms with E-state index in [1.807, 2.05) is 24.3 Å². The van der Waals surface area contributed by atoms with Crippen LogP contribution in [0.4, 0.5) is 18.9 Å². The van der Waals surface area contributed by atoms with Gasteiger partial charge in [-0.05, 0) is 49.2 Å². The van der Waals surface area contributed by atoms with Crippen LogP contribution in [-0.2, 0) is 22.2 Å². The van der Waals surface area contributed by atoms with E-state index in [1.165, 1.54) is 18.3 Å². The number of pyridine rings is 1. The topological polar surface area (TPSA) is 123 Å². The zero-order valence-corrected chi connectivity index (χ0v) is 18.3. The number of hydrogen-bond acceptors (Lipinski definition) is 5. The van der Waals surface area contributed by atoms with Gasteiger partial charge in [0.1, 0.15) is 6.04 Å². The Morgan fingerprint density at radius 1 is 1.03 bits per heavy atom. The fraction of sp³-hybridized carbons (Fsp3) is 0.292. The van der Waals surface area contributed by atoms with Crippen LogP contribution in [-0.4, -0.2) is 35.4 Å². The molecule has 0 aliphatic rings. The Kier molecular flexibility index (Phi) is 8.19. The summed E-state index contributed by atoms with van der Waals surface area (Å²) in [6, 6.07) is 11.6. The number of carbonyl (C=O) groups is 2. The number of fused-ring (bicyclic) bond motifs is 1. The molecule has 34 heavy (non-hydrogen) atoms. The molecular weight excluding hydrogens is 447 g/mol. The Hall–Kier alpha value is -3.50. The van der Waals surface area contributed by atoms with Crippen LogP contribution in [0.15, 0.2) is 60.8 Å². The Labute approximate surface area is 194 Å². The molecule has 7 nitrogen and oxygen atoms in total. The molecule has 0 unspecified atom stereocenters. The second-order valence-electron chi connectivity index (χ2n) is 7.90. The average molecular weight is 473 g/mol. The number of anilines is 1. The molecule has 0 saturated carbocycles. The van der Waals surface area contributed by atoms with Crippen molar-refractivity contribution in [2.24, 2.45) is 11.5 Å². The fourth-order valence-corrected chi connectivity index (χ4v) is 3.39. The van der Waals surface area contributed by atoms with E-state index >= 15 is 0 Å². The van der Waals surface area contributed by atoms with Crippen LogP contribution in [0, 0.1) is 0 Å². The van der Waals surface area contributed by atoms with Crippen LogP contribution in [0.3, 0.4) is 0 Å². The van der Waals surface area contributed by atoms with Gasteiger partial charge in [0.25, 0.3) is 0 Å². The quantitative estimate of drug-likeness (QED) is 0.381. The van der Waals surface area contributed by atoms with Gasteiger partial charge in [0.2, 0.25) is 11.8 Å². The van der Waals surface area contributed by atoms with Crippen LogP contribution in [0.25, 0.3) is 10.9 Å². The maximum atomic E-state index is 13.1. The smallest absolute Gasteiger partial charge is 0.343 e. The molecule has 0 aliphatic carbocycles. The number of halogens is 3. The van der Waals surface area contributed by atoms with Crippen molar-refractivity contribution < 1.29 is 22.8 Å². The van der Waals surface area contributed by atoms with Gasteiger partial charge in [0.05, 0.1) is 29.0 Å². The highest BCUT2D eigenvalue weighted by molar-refractivity contribution is 5.99. The zero-order valence-electron chi connectivity index (χ0n) is 18.3. The molecular formula is C24H26F3N5O2. The summed E-state index contributed by atoms with van der Waals surface area (Å²) in [6.07, 6.45) is -2.13. The van der Waals surface area contributed by atoms with E-state index in [-0.39, 0.29) is 6.42 Å². The van der Waals surface area contributed by atoms with E-state index in [2.05, 4.69) is 15.6 Å². The number of nitrogens with one attached hydrogen (secondary N) is 2. The van der Waals surface area contributed by atoms with Crippen LogP contribution in [0.2, 0.25) is 0 Å². The Morgan fingerprint density at radius 2 is 1.74 bits per heavy atom. The lowest BCUT2D eigenvalue weighted by molar-refractivity contribution is -0.137. The average Bonchev–Trinajstić information content (AvgIpc) is 2.81. The molecule has 0 aliphatic heterocycles. The van der Waals surface area contributed by atoms with Gasteiger partial charge >= 0.3 is 6.18 Å². The first-order valence-corrected chi connectivity index (χ1v) is 10.7. The minimum atomic E-state index is -4.47. The predicted octanol–water partition coefficient (Wildman–Crippen LogP) is 2.99. The summed E-state index contributed by atoms with van der Waals surface area (Å²) in [5, 5.41) is 6.15. The first-order valence-electron chi connectivity index (χ1n) is 10.7. The molecule has 0 bridgehead atoms. The molecule has 10 heteroatoms. The number of benzene rings is 2. The summed E-state index contributed by atoms with van der Waals surface area (Å²) < 4.78 is 38.6. The van der Waals surface area contributed by atoms with Gasteiger partial charge < -0.3 is 22.1 Å². The SMILES string of the molecule is NCCC[C@H](N)C(=O)N[C@H](Cc1ccc(C(F)(F)F)cc1)C(=O)Nc1cnc2ccccc2c1. The van der Waals surface area contributed by atoms with E-state index in [9.17, 15) is 22.8 Å². The van der Waals surface area contributed by atoms with Gasteiger partial charge in [-0.3, -0.25) is 14.6 Å². The van der Waals surface area contributed by atoms with Gasteiger partial charge in [0, 0.05) is 11.8 Å². The van der Waals surface area contributed by atoms with Crippen molar-refractivity contribution in [2.45, 2.75) is 37.5 Å². The molecule has 2 amide bonds. The lowest BCUT2D eigenvalue weighted by atomic mass is 10.0. The zero-order chi connectivity index (χ0) is 24.7. The molecule has 180 valence electrons. The number of para-hydroxylation sites is 1. The van der Waals surface area contributed by atoms with Gasteiger partial charge in [-0.1, -0.05) is 30.3 Å². The normalized spacial score (nSPS) is 13.3. The second kappa shape index (κ2) is 11.1. The lowest BCUT2D eigenvalue weighted by Crippen LogP contribution is -2.51. The minimum absolute atomic E-state index is 0.0275. The van der Waals surface area contributed by atoms with Crippen molar-refractivity contribution in [2.75, 3.05) is 11.9 Å². The third kappa shape index (κ3) is 6.75. The first-order chi connectivity index (χ1) is 16.2. The fourth-order valence-electron chi connectivity index (χ4n) is 3.39. The van der Waals surface area contributed by atoms with E-state index in [0.717, 1.165) is 23.0 Å². The molecule has 2 aromatic carbocycles. The molecule has 1 heterocycles. The molecule has 6 N–H and O–H groups in total. The summed E-state index contributed by atoms with van der Waals surface area (Å²) in [5.74, 6) is -1.09. The molecule has 2 atom stereocenters. The highest BCUT2D eigenvalue weighted by atomic mass is 19.4. The maximum absolute atomic E-state index is 13.1. The molecule has 0 radical (unpaired) electrons. The van der Waals surface area contributed by atoms with Crippen molar-refractivity contribution in [1.82, 2.24) is 10.3 Å². The number of nitrogens with zero attached hydrogens (tertiary/aromatic N) is 1. The second-order valence-corrected chi connectivity index (χ2v) is 7.90. The van der Waals surface area contributed by atoms with E-state index < -0.39 is 35.6 Å². The van der Waals surface area contributed by atoms with Crippen LogP contribution >= 0.6 is 0 Å². The third-order valence-electron chi connectivity index (χ3n) is 5.27. The van der Waals surface area contributed by atoms with E-state index in [0.29, 0.717) is 30.6 Å². The monoisotopic (exact) mass is 473 g/mol. The lowest BCUT2D eigenvalue weighted by Gasteiger charge is -2.21. The van der Waals surface area contributed by atoms with Crippen molar-refractivity contribution >= 4 is 28.4 Å². The summed E-state index contributed by atoms with van der Waals surface area (Å²) >= 11 is 0. The summed E-state index contributed by atoms with van der Waals surface area (Å²) in [5.41, 5.74) is 12.2. The summed E-state index contributed by atoms with van der Waals surface area (Å²) in [4.78, 5) is 29.9. The molecule has 0 fully saturated rings. The van der Waals surface area contributed by atoms with Crippen LogP contribution in [0.5, 0.6) is 0 Å². The Bertz CT molecular complexity index is 1140. The van der Waals surface area contributed by atoms with E-state index in [1.54, 1.807) is 6.07 Å². The van der Waals surface area contributed by atoms with Crippen molar-refractivity contribution in [3.05, 3.63) is 71.9 Å². The van der Waals surface area contributed by atoms with E-state index in [4.69, 9.17) is 11.5 Å². The maximum Gasteiger partial charge on any atom is 0.416 e. The Morgan fingerprint density at radius 3 is 2.41 bits per heavy atom. The third-order valence-corrected chi connectivity index (χ3v) is 5.27. The largest absolute Gasteiger partial charge is 0.416 e. The first kappa shape index (κ1) is 25.1. The number of alkyl halides is 3. The van der Waals surface area contributed by atoms with Crippen LogP contribution in [0.1, 0.15) is 24.0 Å². The molecule has 0 spiro atoms. The highest BCUT2D eigenvalue weighted by Gasteiger charge is 2.30. The summed E-state index contributed by atoms with van der Waals surface area (Å²) in [7, 11) is 0. The van der Waals surface area contributed by atoms with Crippen molar-refractivity contribution in [1.29, 1.82) is 0 Å². The van der Waals surface area contributed by atoms with Crippen molar-refractivity contribution in [3.8, 4) is 0 Å². The van der Waals surface area contributed by atoms with Gasteiger partial charge in [-0.2, -0.15) is 13.2 Å². The minimum Gasteiger partial charge on any atom is -0.343 e. The number of amides is 2. The van der Waals surface area contributed by atoms with Crippen molar-refractivity contribution in [3.63, 3.8) is 0 Å². The van der Waals surface area contributed by atoms with Gasteiger partial charge in [-0.15, -0.1) is 0 Å². The standard InChI is InChI=1S/C24H26F3N5O2/c25-24(26,27)17-9-7-15(8-10-17)12-21(32-22(33)19(29)5-3-11-28)23(34)31-18-13-16-4-1-2-6-20(16)30-14-18/h1-2,4,6-10,13-14,19,21H,3,5,11-12,28-29H2,(H,31,34)(H,32,33)/t19-,21+/m0/s1. The number of aromatic nitrogens is 1. The Balaban J connectivity index is 1.79. The number of hydrogen-bond donors (Lipinski definition) is 4. The molecule has 3 aromatic rings. The van der Waals surface area contributed by atoms with Gasteiger partial charge in [-0.25, -0.2) is 0 Å². The molecule has 0 saturated heterocycles. The number of carbonyl (C=O) groups excluding carboxylic acids is 2. The molecule has 1 aromatic heterocycles.